The fourth-order valence-corrected chi connectivity index (χ4v) is 0. The van der Waals surface area contributed by atoms with Crippen LogP contribution in [0.3, 0.4) is 0 Å². The van der Waals surface area contributed by atoms with Gasteiger partial charge in [-0.2, -0.15) is 0 Å². The van der Waals surface area contributed by atoms with Gasteiger partial charge in [0.2, 0.25) is 0 Å². The molecule has 0 aliphatic rings. The Hall–Kier alpha value is 0.500. The Morgan fingerprint density at radius 3 is 1.10 bits per heavy atom. The van der Waals surface area contributed by atoms with Gasteiger partial charge in [0.25, 0.3) is 0 Å². The summed E-state index contributed by atoms with van der Waals surface area (Å²) in [5, 5.41) is 16.3. The van der Waals surface area contributed by atoms with Gasteiger partial charge in [0, 0.05) is 0 Å². The van der Waals surface area contributed by atoms with Gasteiger partial charge in [-0.05, 0) is 12.8 Å². The number of rotatable bonds is 2. The summed E-state index contributed by atoms with van der Waals surface area (Å²) in [5.74, 6) is 0. The van der Waals surface area contributed by atoms with Crippen LogP contribution in [0.5, 0.6) is 0 Å². The Morgan fingerprint density at radius 2 is 1.10 bits per heavy atom. The van der Waals surface area contributed by atoms with Crippen LogP contribution in [0.2, 0.25) is 0 Å². The SMILES string of the molecule is CCC(O)Cl.CCC(O)Cl. The van der Waals surface area contributed by atoms with Crippen molar-refractivity contribution in [2.75, 3.05) is 0 Å². The summed E-state index contributed by atoms with van der Waals surface area (Å²) in [6, 6.07) is 0. The third-order valence-electron chi connectivity index (χ3n) is 0.674. The van der Waals surface area contributed by atoms with Crippen LogP contribution in [0, 0.1) is 0 Å². The minimum Gasteiger partial charge on any atom is -0.378 e. The van der Waals surface area contributed by atoms with Crippen molar-refractivity contribution >= 4 is 23.2 Å². The Kier molecular flexibility index (Phi) is 12.5. The molecule has 0 heterocycles. The minimum absolute atomic E-state index is 0.627. The molecule has 0 amide bonds. The van der Waals surface area contributed by atoms with Crippen molar-refractivity contribution in [2.24, 2.45) is 0 Å². The van der Waals surface area contributed by atoms with Gasteiger partial charge in [-0.25, -0.2) is 0 Å². The number of hydrogen-bond acceptors (Lipinski definition) is 2. The highest BCUT2D eigenvalue weighted by atomic mass is 35.5. The van der Waals surface area contributed by atoms with Crippen LogP contribution >= 0.6 is 23.2 Å². The van der Waals surface area contributed by atoms with Gasteiger partial charge in [-0.1, -0.05) is 37.0 Å². The van der Waals surface area contributed by atoms with Gasteiger partial charge in [-0.3, -0.25) is 0 Å². The zero-order chi connectivity index (χ0) is 8.57. The molecule has 0 aromatic carbocycles. The first kappa shape index (κ1) is 13.1. The second-order valence-electron chi connectivity index (χ2n) is 1.69. The molecule has 64 valence electrons. The van der Waals surface area contributed by atoms with Crippen molar-refractivity contribution in [3.05, 3.63) is 0 Å². The highest BCUT2D eigenvalue weighted by Crippen LogP contribution is 1.91. The first-order valence-electron chi connectivity index (χ1n) is 3.18. The molecular weight excluding hydrogens is 175 g/mol. The molecule has 0 aliphatic heterocycles. The molecule has 2 N–H and O–H groups in total. The molecule has 0 aromatic rings. The van der Waals surface area contributed by atoms with E-state index in [-0.39, 0.29) is 0 Å². The van der Waals surface area contributed by atoms with Gasteiger partial charge in [0.15, 0.2) is 0 Å². The maximum absolute atomic E-state index is 8.13. The molecule has 2 unspecified atom stereocenters. The Balaban J connectivity index is 0. The topological polar surface area (TPSA) is 40.5 Å². The highest BCUT2D eigenvalue weighted by molar-refractivity contribution is 6.19. The molecule has 10 heavy (non-hydrogen) atoms. The van der Waals surface area contributed by atoms with Gasteiger partial charge in [0.05, 0.1) is 0 Å². The Labute approximate surface area is 71.8 Å². The van der Waals surface area contributed by atoms with Crippen molar-refractivity contribution < 1.29 is 10.2 Å². The predicted octanol–water partition coefficient (Wildman–Crippen LogP) is 1.91. The average Bonchev–Trinajstić information content (AvgIpc) is 1.89. The second-order valence-corrected chi connectivity index (χ2v) is 2.69. The molecule has 0 bridgehead atoms. The molecule has 0 radical (unpaired) electrons. The summed E-state index contributed by atoms with van der Waals surface area (Å²) in [6.07, 6.45) is 1.25. The maximum atomic E-state index is 8.13. The van der Waals surface area contributed by atoms with Crippen LogP contribution in [0.1, 0.15) is 26.7 Å². The Morgan fingerprint density at radius 1 is 1.00 bits per heavy atom. The first-order valence-corrected chi connectivity index (χ1v) is 4.06. The van der Waals surface area contributed by atoms with Crippen LogP contribution in [0.25, 0.3) is 0 Å². The Bertz CT molecular complexity index is 49.7. The van der Waals surface area contributed by atoms with Crippen LogP contribution < -0.4 is 0 Å². The summed E-state index contributed by atoms with van der Waals surface area (Å²) in [6.45, 7) is 3.63. The third kappa shape index (κ3) is 23.6. The molecule has 2 nitrogen and oxygen atoms in total. The van der Waals surface area contributed by atoms with E-state index in [1.807, 2.05) is 13.8 Å². The van der Waals surface area contributed by atoms with Crippen LogP contribution in [-0.4, -0.2) is 21.3 Å². The van der Waals surface area contributed by atoms with E-state index in [1.54, 1.807) is 0 Å². The summed E-state index contributed by atoms with van der Waals surface area (Å²) in [5.41, 5.74) is -1.29. The summed E-state index contributed by atoms with van der Waals surface area (Å²) in [7, 11) is 0. The van der Waals surface area contributed by atoms with E-state index in [4.69, 9.17) is 33.4 Å². The zero-order valence-electron chi connectivity index (χ0n) is 6.22. The fourth-order valence-electron chi connectivity index (χ4n) is 0. The van der Waals surface area contributed by atoms with Gasteiger partial charge in [-0.15, -0.1) is 0 Å². The fraction of sp³-hybridized carbons (Fsp3) is 1.00. The molecule has 0 saturated carbocycles. The average molecular weight is 189 g/mol. The number of aliphatic hydroxyl groups excluding tert-OH is 2. The lowest BCUT2D eigenvalue weighted by atomic mass is 10.5. The number of aliphatic hydroxyl groups is 2. The van der Waals surface area contributed by atoms with E-state index in [0.29, 0.717) is 12.8 Å². The van der Waals surface area contributed by atoms with Crippen LogP contribution in [-0.2, 0) is 0 Å². The van der Waals surface area contributed by atoms with E-state index in [2.05, 4.69) is 0 Å². The van der Waals surface area contributed by atoms with Gasteiger partial charge in [0.1, 0.15) is 11.1 Å². The highest BCUT2D eigenvalue weighted by Gasteiger charge is 1.85. The normalized spacial score (nSPS) is 15.0. The maximum Gasteiger partial charge on any atom is 0.127 e. The van der Waals surface area contributed by atoms with Crippen molar-refractivity contribution in [1.29, 1.82) is 0 Å². The zero-order valence-corrected chi connectivity index (χ0v) is 7.73. The van der Waals surface area contributed by atoms with E-state index >= 15 is 0 Å². The van der Waals surface area contributed by atoms with Crippen molar-refractivity contribution in [3.63, 3.8) is 0 Å². The van der Waals surface area contributed by atoms with E-state index < -0.39 is 11.1 Å². The molecule has 0 spiro atoms. The van der Waals surface area contributed by atoms with Crippen molar-refractivity contribution in [2.45, 2.75) is 37.8 Å². The van der Waals surface area contributed by atoms with E-state index in [0.717, 1.165) is 0 Å². The quantitative estimate of drug-likeness (QED) is 0.651. The van der Waals surface area contributed by atoms with Crippen LogP contribution in [0.4, 0.5) is 0 Å². The molecule has 0 aliphatic carbocycles. The third-order valence-corrected chi connectivity index (χ3v) is 1.29. The largest absolute Gasteiger partial charge is 0.378 e. The standard InChI is InChI=1S/2C3H7ClO/c2*1-2-3(4)5/h2*3,5H,2H2,1H3. The summed E-state index contributed by atoms with van der Waals surface area (Å²) >= 11 is 10.0. The lowest BCUT2D eigenvalue weighted by Crippen LogP contribution is -1.88. The monoisotopic (exact) mass is 188 g/mol. The van der Waals surface area contributed by atoms with Gasteiger partial charge < -0.3 is 10.2 Å². The minimum atomic E-state index is -0.644. The number of hydrogen-bond donors (Lipinski definition) is 2. The van der Waals surface area contributed by atoms with E-state index in [9.17, 15) is 0 Å². The summed E-state index contributed by atoms with van der Waals surface area (Å²) in [4.78, 5) is 0. The molecule has 0 fully saturated rings. The second kappa shape index (κ2) is 9.50. The molecule has 0 saturated heterocycles. The smallest absolute Gasteiger partial charge is 0.127 e. The van der Waals surface area contributed by atoms with Crippen molar-refractivity contribution in [1.82, 2.24) is 0 Å². The van der Waals surface area contributed by atoms with Crippen LogP contribution in [0.15, 0.2) is 0 Å². The molecule has 0 rings (SSSR count). The predicted molar refractivity (Wildman–Crippen MR) is 44.3 cm³/mol. The summed E-state index contributed by atoms with van der Waals surface area (Å²) < 4.78 is 0. The molecular formula is C6H14Cl2O2. The van der Waals surface area contributed by atoms with E-state index in [1.165, 1.54) is 0 Å². The van der Waals surface area contributed by atoms with Crippen molar-refractivity contribution in [3.8, 4) is 0 Å². The van der Waals surface area contributed by atoms with Gasteiger partial charge >= 0.3 is 0 Å². The molecule has 4 heteroatoms. The lowest BCUT2D eigenvalue weighted by Gasteiger charge is -1.87. The first-order chi connectivity index (χ1) is 4.54. The molecule has 2 atom stereocenters. The number of halogens is 2. The number of alkyl halides is 2. The lowest BCUT2D eigenvalue weighted by molar-refractivity contribution is 0.252. The molecule has 0 aromatic heterocycles.